The van der Waals surface area contributed by atoms with Crippen LogP contribution in [0.4, 0.5) is 5.69 Å². The lowest BCUT2D eigenvalue weighted by molar-refractivity contribution is -0.130. The number of thiazole rings is 1. The number of hydrogen-bond acceptors (Lipinski definition) is 10. The number of nitrogens with zero attached hydrogens (tertiary/aromatic N) is 2. The Hall–Kier alpha value is -3.98. The molecule has 1 saturated heterocycles. The Morgan fingerprint density at radius 2 is 1.71 bits per heavy atom. The van der Waals surface area contributed by atoms with E-state index in [1.165, 1.54) is 23.5 Å². The third-order valence-corrected chi connectivity index (χ3v) is 9.48. The third-order valence-electron chi connectivity index (χ3n) is 7.75. The smallest absolute Gasteiger partial charge is 0.251 e. The van der Waals surface area contributed by atoms with E-state index in [1.54, 1.807) is 31.3 Å². The van der Waals surface area contributed by atoms with Crippen molar-refractivity contribution < 1.29 is 19.2 Å². The number of likely N-dealkylation sites (N-methyl/N-ethyl adjacent to an activating group) is 1. The minimum atomic E-state index is -0.657. The molecule has 4 rings (SSSR count). The maximum absolute atomic E-state index is 13.9. The molecule has 1 fully saturated rings. The van der Waals surface area contributed by atoms with Crippen LogP contribution in [0, 0.1) is 5.92 Å². The maximum Gasteiger partial charge on any atom is 0.251 e. The molecule has 6 N–H and O–H groups in total. The number of carbonyl (C=O) groups excluding carboxylic acids is 4. The van der Waals surface area contributed by atoms with Crippen LogP contribution in [0.5, 0.6) is 0 Å². The molecule has 3 aromatic rings. The Morgan fingerprint density at radius 3 is 2.35 bits per heavy atom. The molecule has 0 unspecified atom stereocenters. The van der Waals surface area contributed by atoms with E-state index in [0.29, 0.717) is 30.6 Å². The van der Waals surface area contributed by atoms with Gasteiger partial charge in [0.25, 0.3) is 11.8 Å². The number of anilines is 1. The van der Waals surface area contributed by atoms with E-state index in [4.69, 9.17) is 0 Å². The van der Waals surface area contributed by atoms with Crippen molar-refractivity contribution in [2.45, 2.75) is 65.2 Å². The van der Waals surface area contributed by atoms with Crippen LogP contribution in [-0.4, -0.2) is 72.9 Å². The Bertz CT molecular complexity index is 1500. The van der Waals surface area contributed by atoms with Crippen LogP contribution >= 0.6 is 23.5 Å². The summed E-state index contributed by atoms with van der Waals surface area (Å²) in [5, 5.41) is 17.6. The lowest BCUT2D eigenvalue weighted by atomic mass is 10.0. The summed E-state index contributed by atoms with van der Waals surface area (Å²) in [4.78, 5) is 57.0. The van der Waals surface area contributed by atoms with Crippen molar-refractivity contribution in [1.82, 2.24) is 36.3 Å². The molecule has 0 spiro atoms. The molecule has 0 radical (unpaired) electrons. The average molecular weight is 695 g/mol. The molecular weight excluding hydrogens is 649 g/mol. The fourth-order valence-electron chi connectivity index (χ4n) is 5.11. The molecule has 4 amide bonds. The van der Waals surface area contributed by atoms with Gasteiger partial charge in [0.2, 0.25) is 11.8 Å². The predicted octanol–water partition coefficient (Wildman–Crippen LogP) is 3.03. The second-order valence-electron chi connectivity index (χ2n) is 11.9. The van der Waals surface area contributed by atoms with Crippen molar-refractivity contribution >= 4 is 52.8 Å². The molecule has 14 heteroatoms. The molecule has 258 valence electrons. The van der Waals surface area contributed by atoms with Gasteiger partial charge in [-0.3, -0.25) is 19.2 Å². The number of rotatable bonds is 16. The van der Waals surface area contributed by atoms with Crippen LogP contribution in [0.15, 0.2) is 60.1 Å². The predicted molar refractivity (Wildman–Crippen MR) is 192 cm³/mol. The third kappa shape index (κ3) is 11.0. The monoisotopic (exact) mass is 694 g/mol. The molecule has 48 heavy (non-hydrogen) atoms. The first-order valence-corrected chi connectivity index (χ1v) is 17.9. The number of benzene rings is 2. The minimum Gasteiger partial charge on any atom is -0.355 e. The minimum absolute atomic E-state index is 0.0907. The SMILES string of the molecule is CCNC(=O)[C@@H](NC(=O)[C@H](C)NC[C@H](Cc1ccccc1)NC(=O)c1cc(C(=O)NCc2nccs2)cc(N2CCCNS2)c1)C(C)C. The highest BCUT2D eigenvalue weighted by atomic mass is 32.2. The normalized spacial score (nSPS) is 14.9. The van der Waals surface area contributed by atoms with Crippen LogP contribution in [0.1, 0.15) is 65.4 Å². The van der Waals surface area contributed by atoms with E-state index in [-0.39, 0.29) is 36.1 Å². The van der Waals surface area contributed by atoms with Gasteiger partial charge in [0.1, 0.15) is 11.0 Å². The fraction of sp³-hybridized carbons (Fsp3) is 0.441. The Morgan fingerprint density at radius 1 is 0.958 bits per heavy atom. The van der Waals surface area contributed by atoms with Gasteiger partial charge in [0.05, 0.1) is 12.6 Å². The van der Waals surface area contributed by atoms with Gasteiger partial charge < -0.3 is 30.9 Å². The first-order chi connectivity index (χ1) is 23.1. The zero-order chi connectivity index (χ0) is 34.5. The molecule has 1 aliphatic heterocycles. The van der Waals surface area contributed by atoms with Crippen molar-refractivity contribution in [3.8, 4) is 0 Å². The topological polar surface area (TPSA) is 157 Å². The molecule has 1 aromatic heterocycles. The van der Waals surface area contributed by atoms with Crippen LogP contribution in [0.3, 0.4) is 0 Å². The number of carbonyl (C=O) groups is 4. The Balaban J connectivity index is 1.50. The first kappa shape index (κ1) is 36.8. The highest BCUT2D eigenvalue weighted by molar-refractivity contribution is 7.98. The van der Waals surface area contributed by atoms with Crippen LogP contribution in [0.2, 0.25) is 0 Å². The molecule has 3 atom stereocenters. The molecule has 2 heterocycles. The van der Waals surface area contributed by atoms with Gasteiger partial charge in [-0.15, -0.1) is 11.3 Å². The average Bonchev–Trinajstić information content (AvgIpc) is 3.62. The summed E-state index contributed by atoms with van der Waals surface area (Å²) < 4.78 is 5.31. The van der Waals surface area contributed by atoms with E-state index >= 15 is 0 Å². The van der Waals surface area contributed by atoms with E-state index in [0.717, 1.165) is 35.8 Å². The molecule has 0 bridgehead atoms. The summed E-state index contributed by atoms with van der Waals surface area (Å²) in [5.41, 5.74) is 2.48. The number of nitrogens with one attached hydrogen (secondary N) is 6. The van der Waals surface area contributed by atoms with Crippen LogP contribution < -0.4 is 35.6 Å². The summed E-state index contributed by atoms with van der Waals surface area (Å²) in [5.74, 6) is -1.26. The zero-order valence-corrected chi connectivity index (χ0v) is 29.5. The number of aromatic nitrogens is 1. The van der Waals surface area contributed by atoms with Crippen molar-refractivity contribution in [2.24, 2.45) is 5.92 Å². The van der Waals surface area contributed by atoms with Crippen molar-refractivity contribution in [3.63, 3.8) is 0 Å². The van der Waals surface area contributed by atoms with Crippen LogP contribution in [-0.2, 0) is 22.6 Å². The molecule has 1 aliphatic rings. The summed E-state index contributed by atoms with van der Waals surface area (Å²) in [6.45, 7) is 10.0. The maximum atomic E-state index is 13.9. The summed E-state index contributed by atoms with van der Waals surface area (Å²) >= 11 is 2.91. The standard InChI is InChI=1S/C34H46N8O4S2/c1-5-35-34(46)30(22(2)3)41-31(43)23(4)37-20-27(16-24-10-7-6-8-11-24)40-33(45)26-17-25(32(44)38-21-29-36-13-15-47-29)18-28(19-26)42-14-9-12-39-48-42/h6-8,10-11,13,15,17-19,22-23,27,30,37,39H,5,9,12,14,16,20-21H2,1-4H3,(H,35,46)(H,38,44)(H,40,45)(H,41,43)/t23-,27-,30-/m0/s1. The first-order valence-electron chi connectivity index (χ1n) is 16.3. The van der Waals surface area contributed by atoms with E-state index in [1.807, 2.05) is 60.8 Å². The summed E-state index contributed by atoms with van der Waals surface area (Å²) in [6, 6.07) is 13.3. The van der Waals surface area contributed by atoms with Gasteiger partial charge in [-0.25, -0.2) is 9.71 Å². The van der Waals surface area contributed by atoms with Gasteiger partial charge in [0, 0.05) is 72.7 Å². The molecular formula is C34H46N8O4S2. The van der Waals surface area contributed by atoms with E-state index < -0.39 is 18.1 Å². The molecule has 2 aromatic carbocycles. The molecule has 12 nitrogen and oxygen atoms in total. The second-order valence-corrected chi connectivity index (χ2v) is 13.8. The lowest BCUT2D eigenvalue weighted by Gasteiger charge is -2.28. The summed E-state index contributed by atoms with van der Waals surface area (Å²) in [6.07, 6.45) is 3.12. The van der Waals surface area contributed by atoms with Gasteiger partial charge in [0.15, 0.2) is 0 Å². The largest absolute Gasteiger partial charge is 0.355 e. The van der Waals surface area contributed by atoms with Gasteiger partial charge in [-0.05, 0) is 56.4 Å². The van der Waals surface area contributed by atoms with Crippen molar-refractivity contribution in [2.75, 3.05) is 30.5 Å². The summed E-state index contributed by atoms with van der Waals surface area (Å²) in [7, 11) is 0. The van der Waals surface area contributed by atoms with Crippen LogP contribution in [0.25, 0.3) is 0 Å². The van der Waals surface area contributed by atoms with Gasteiger partial charge in [-0.2, -0.15) is 0 Å². The van der Waals surface area contributed by atoms with E-state index in [9.17, 15) is 19.2 Å². The number of amides is 4. The van der Waals surface area contributed by atoms with Crippen molar-refractivity contribution in [3.05, 3.63) is 81.8 Å². The molecule has 0 saturated carbocycles. The highest BCUT2D eigenvalue weighted by Gasteiger charge is 2.27. The fourth-order valence-corrected chi connectivity index (χ4v) is 6.49. The van der Waals surface area contributed by atoms with Gasteiger partial charge >= 0.3 is 0 Å². The quantitative estimate of drug-likeness (QED) is 0.124. The van der Waals surface area contributed by atoms with Crippen molar-refractivity contribution in [1.29, 1.82) is 0 Å². The highest BCUT2D eigenvalue weighted by Crippen LogP contribution is 2.26. The van der Waals surface area contributed by atoms with Gasteiger partial charge in [-0.1, -0.05) is 44.2 Å². The number of hydrogen-bond donors (Lipinski definition) is 6. The lowest BCUT2D eigenvalue weighted by Crippen LogP contribution is -2.55. The Kier molecular flexibility index (Phi) is 14.2. The Labute approximate surface area is 290 Å². The van der Waals surface area contributed by atoms with E-state index in [2.05, 4.69) is 36.3 Å². The zero-order valence-electron chi connectivity index (χ0n) is 27.9. The second kappa shape index (κ2) is 18.5. The molecule has 0 aliphatic carbocycles.